The third kappa shape index (κ3) is 2.40. The fraction of sp³-hybridized carbons (Fsp3) is 0.267. The van der Waals surface area contributed by atoms with Crippen LogP contribution in [0.15, 0.2) is 42.6 Å². The van der Waals surface area contributed by atoms with Gasteiger partial charge in [-0.2, -0.15) is 0 Å². The molecule has 1 aromatic carbocycles. The molecule has 0 radical (unpaired) electrons. The van der Waals surface area contributed by atoms with Gasteiger partial charge in [0.15, 0.2) is 0 Å². The van der Waals surface area contributed by atoms with E-state index in [1.807, 2.05) is 30.5 Å². The van der Waals surface area contributed by atoms with E-state index in [1.165, 1.54) is 16.8 Å². The number of nitrogens with zero attached hydrogens (tertiary/aromatic N) is 1. The summed E-state index contributed by atoms with van der Waals surface area (Å²) in [5.74, 6) is 0. The average Bonchev–Trinajstić information content (AvgIpc) is 2.80. The van der Waals surface area contributed by atoms with Crippen LogP contribution in [0.5, 0.6) is 0 Å². The summed E-state index contributed by atoms with van der Waals surface area (Å²) in [5.41, 5.74) is 3.80. The van der Waals surface area contributed by atoms with Gasteiger partial charge >= 0.3 is 0 Å². The van der Waals surface area contributed by atoms with Gasteiger partial charge in [-0.05, 0) is 42.2 Å². The fourth-order valence-electron chi connectivity index (χ4n) is 2.50. The van der Waals surface area contributed by atoms with E-state index in [0.717, 1.165) is 24.4 Å². The quantitative estimate of drug-likeness (QED) is 0.911. The lowest BCUT2D eigenvalue weighted by Gasteiger charge is -2.13. The molecule has 1 heterocycles. The molecule has 92 valence electrons. The van der Waals surface area contributed by atoms with Crippen molar-refractivity contribution in [3.63, 3.8) is 0 Å². The van der Waals surface area contributed by atoms with Crippen molar-refractivity contribution in [2.24, 2.45) is 0 Å². The number of aromatic nitrogens is 1. The molecular formula is C15H15ClN2. The van der Waals surface area contributed by atoms with Crippen LogP contribution in [0.1, 0.15) is 29.3 Å². The average molecular weight is 259 g/mol. The maximum Gasteiger partial charge on any atom is 0.0605 e. The van der Waals surface area contributed by atoms with Crippen LogP contribution >= 0.6 is 11.6 Å². The van der Waals surface area contributed by atoms with E-state index in [9.17, 15) is 0 Å². The Morgan fingerprint density at radius 3 is 3.11 bits per heavy atom. The minimum Gasteiger partial charge on any atom is -0.304 e. The summed E-state index contributed by atoms with van der Waals surface area (Å²) in [4.78, 5) is 4.48. The lowest BCUT2D eigenvalue weighted by molar-refractivity contribution is 0.521. The lowest BCUT2D eigenvalue weighted by atomic mass is 10.2. The Morgan fingerprint density at radius 1 is 1.28 bits per heavy atom. The molecule has 2 aromatic rings. The number of hydrogen-bond acceptors (Lipinski definition) is 2. The summed E-state index contributed by atoms with van der Waals surface area (Å²) >= 11 is 5.98. The molecule has 1 aromatic heterocycles. The molecule has 0 amide bonds. The standard InChI is InChI=1S/C15H15ClN2/c16-13-5-1-3-11(9-13)10-18-14-7-6-12-4-2-8-17-15(12)14/h1-5,8-9,14,18H,6-7,10H2. The predicted octanol–water partition coefficient (Wildman–Crippen LogP) is 3.51. The Kier molecular flexibility index (Phi) is 3.31. The van der Waals surface area contributed by atoms with Crippen molar-refractivity contribution in [2.45, 2.75) is 25.4 Å². The molecule has 2 nitrogen and oxygen atoms in total. The molecule has 3 heteroatoms. The zero-order valence-corrected chi connectivity index (χ0v) is 10.8. The van der Waals surface area contributed by atoms with Crippen molar-refractivity contribution in [3.05, 3.63) is 64.4 Å². The van der Waals surface area contributed by atoms with E-state index in [1.54, 1.807) is 0 Å². The monoisotopic (exact) mass is 258 g/mol. The van der Waals surface area contributed by atoms with Crippen LogP contribution in [0.25, 0.3) is 0 Å². The highest BCUT2D eigenvalue weighted by molar-refractivity contribution is 6.30. The van der Waals surface area contributed by atoms with Crippen LogP contribution in [0.4, 0.5) is 0 Å². The molecule has 0 saturated carbocycles. The van der Waals surface area contributed by atoms with E-state index in [2.05, 4.69) is 22.4 Å². The van der Waals surface area contributed by atoms with Gasteiger partial charge in [0, 0.05) is 17.8 Å². The van der Waals surface area contributed by atoms with Crippen LogP contribution in [-0.2, 0) is 13.0 Å². The van der Waals surface area contributed by atoms with E-state index in [0.29, 0.717) is 6.04 Å². The predicted molar refractivity (Wildman–Crippen MR) is 73.6 cm³/mol. The van der Waals surface area contributed by atoms with Crippen LogP contribution in [0, 0.1) is 0 Å². The zero-order valence-electron chi connectivity index (χ0n) is 10.1. The minimum atomic E-state index is 0.375. The van der Waals surface area contributed by atoms with Crippen LogP contribution in [0.2, 0.25) is 5.02 Å². The minimum absolute atomic E-state index is 0.375. The first kappa shape index (κ1) is 11.7. The topological polar surface area (TPSA) is 24.9 Å². The smallest absolute Gasteiger partial charge is 0.0605 e. The highest BCUT2D eigenvalue weighted by Crippen LogP contribution is 2.29. The van der Waals surface area contributed by atoms with E-state index in [-0.39, 0.29) is 0 Å². The van der Waals surface area contributed by atoms with Gasteiger partial charge in [0.05, 0.1) is 11.7 Å². The molecule has 1 atom stereocenters. The van der Waals surface area contributed by atoms with E-state index < -0.39 is 0 Å². The summed E-state index contributed by atoms with van der Waals surface area (Å²) in [6, 6.07) is 12.5. The molecule has 1 N–H and O–H groups in total. The number of benzene rings is 1. The van der Waals surface area contributed by atoms with E-state index >= 15 is 0 Å². The summed E-state index contributed by atoms with van der Waals surface area (Å²) in [7, 11) is 0. The normalized spacial score (nSPS) is 17.7. The molecular weight excluding hydrogens is 244 g/mol. The second-order valence-electron chi connectivity index (χ2n) is 4.65. The Morgan fingerprint density at radius 2 is 2.22 bits per heavy atom. The molecule has 1 unspecified atom stereocenters. The maximum atomic E-state index is 5.98. The molecule has 0 saturated heterocycles. The maximum absolute atomic E-state index is 5.98. The van der Waals surface area contributed by atoms with Crippen LogP contribution in [0.3, 0.4) is 0 Å². The van der Waals surface area contributed by atoms with Crippen molar-refractivity contribution in [1.29, 1.82) is 0 Å². The number of rotatable bonds is 3. The number of pyridine rings is 1. The molecule has 1 aliphatic carbocycles. The molecule has 18 heavy (non-hydrogen) atoms. The van der Waals surface area contributed by atoms with Gasteiger partial charge < -0.3 is 5.32 Å². The first-order chi connectivity index (χ1) is 8.83. The summed E-state index contributed by atoms with van der Waals surface area (Å²) in [5, 5.41) is 4.35. The fourth-order valence-corrected chi connectivity index (χ4v) is 2.71. The summed E-state index contributed by atoms with van der Waals surface area (Å²) < 4.78 is 0. The highest BCUT2D eigenvalue weighted by Gasteiger charge is 2.22. The second-order valence-corrected chi connectivity index (χ2v) is 5.09. The highest BCUT2D eigenvalue weighted by atomic mass is 35.5. The van der Waals surface area contributed by atoms with Crippen molar-refractivity contribution < 1.29 is 0 Å². The van der Waals surface area contributed by atoms with Gasteiger partial charge in [-0.1, -0.05) is 29.8 Å². The Bertz CT molecular complexity index is 554. The summed E-state index contributed by atoms with van der Waals surface area (Å²) in [6.07, 6.45) is 4.13. The molecule has 1 aliphatic rings. The molecule has 3 rings (SSSR count). The molecule has 0 fully saturated rings. The third-order valence-corrected chi connectivity index (χ3v) is 3.64. The Labute approximate surface area is 112 Å². The van der Waals surface area contributed by atoms with Gasteiger partial charge in [-0.15, -0.1) is 0 Å². The molecule has 0 spiro atoms. The first-order valence-electron chi connectivity index (χ1n) is 6.24. The summed E-state index contributed by atoms with van der Waals surface area (Å²) in [6.45, 7) is 0.835. The Hall–Kier alpha value is -1.38. The molecule has 0 aliphatic heterocycles. The largest absolute Gasteiger partial charge is 0.304 e. The van der Waals surface area contributed by atoms with Crippen molar-refractivity contribution in [2.75, 3.05) is 0 Å². The number of hydrogen-bond donors (Lipinski definition) is 1. The number of fused-ring (bicyclic) bond motifs is 1. The zero-order chi connectivity index (χ0) is 12.4. The van der Waals surface area contributed by atoms with E-state index in [4.69, 9.17) is 11.6 Å². The van der Waals surface area contributed by atoms with Crippen molar-refractivity contribution >= 4 is 11.6 Å². The Balaban J connectivity index is 1.69. The van der Waals surface area contributed by atoms with Crippen LogP contribution < -0.4 is 5.32 Å². The lowest BCUT2D eigenvalue weighted by Crippen LogP contribution is -2.19. The first-order valence-corrected chi connectivity index (χ1v) is 6.62. The van der Waals surface area contributed by atoms with Gasteiger partial charge in [0.25, 0.3) is 0 Å². The van der Waals surface area contributed by atoms with Gasteiger partial charge in [0.2, 0.25) is 0 Å². The number of halogens is 1. The number of aryl methyl sites for hydroxylation is 1. The number of nitrogens with one attached hydrogen (secondary N) is 1. The van der Waals surface area contributed by atoms with Crippen LogP contribution in [-0.4, -0.2) is 4.98 Å². The van der Waals surface area contributed by atoms with Gasteiger partial charge in [-0.25, -0.2) is 0 Å². The van der Waals surface area contributed by atoms with Gasteiger partial charge in [-0.3, -0.25) is 4.98 Å². The second kappa shape index (κ2) is 5.09. The molecule has 0 bridgehead atoms. The van der Waals surface area contributed by atoms with Crippen molar-refractivity contribution in [3.8, 4) is 0 Å². The SMILES string of the molecule is Clc1cccc(CNC2CCc3cccnc32)c1. The van der Waals surface area contributed by atoms with Gasteiger partial charge in [0.1, 0.15) is 0 Å². The third-order valence-electron chi connectivity index (χ3n) is 3.40. The van der Waals surface area contributed by atoms with Crippen molar-refractivity contribution in [1.82, 2.24) is 10.3 Å².